The fourth-order valence-electron chi connectivity index (χ4n) is 4.79. The molecule has 2 aromatic rings. The van der Waals surface area contributed by atoms with Crippen molar-refractivity contribution in [1.29, 1.82) is 0 Å². The Labute approximate surface area is 232 Å². The predicted octanol–water partition coefficient (Wildman–Crippen LogP) is 6.01. The van der Waals surface area contributed by atoms with Crippen LogP contribution in [0.15, 0.2) is 12.4 Å². The second-order valence-electron chi connectivity index (χ2n) is 11.9. The molecule has 2 aromatic heterocycles. The van der Waals surface area contributed by atoms with Crippen molar-refractivity contribution in [2.75, 3.05) is 0 Å². The zero-order valence-electron chi connectivity index (χ0n) is 23.5. The lowest BCUT2D eigenvalue weighted by molar-refractivity contribution is 0.102. The predicted molar refractivity (Wildman–Crippen MR) is 153 cm³/mol. The Hall–Kier alpha value is -1.62. The number of hydrogen-bond acceptors (Lipinski definition) is 6. The maximum Gasteiger partial charge on any atom is 0.210 e. The molecule has 37 heavy (non-hydrogen) atoms. The average Bonchev–Trinajstić information content (AvgIpc) is 3.25. The Kier molecular flexibility index (Phi) is 11.5. The number of aliphatic hydroxyl groups is 2. The molecule has 0 aromatic carbocycles. The summed E-state index contributed by atoms with van der Waals surface area (Å²) in [5.74, 6) is 0.356. The molecule has 2 rings (SSSR count). The van der Waals surface area contributed by atoms with Gasteiger partial charge < -0.3 is 29.6 Å². The van der Waals surface area contributed by atoms with Gasteiger partial charge in [0, 0.05) is 26.2 Å². The Balaban J connectivity index is 1.73. The Morgan fingerprint density at radius 1 is 0.703 bits per heavy atom. The highest BCUT2D eigenvalue weighted by Crippen LogP contribution is 2.31. The number of rotatable bonds is 16. The SMILES string of the molecule is CCn1cc(O)n(CC(C)(C)CCC(O)CCCC(O)CCC(C)(C)Cn2c(O)cn(CC)c2=S)c1=S. The fourth-order valence-corrected chi connectivity index (χ4v) is 5.47. The number of aryl methyl sites for hydroxylation is 2. The third kappa shape index (κ3) is 9.26. The van der Waals surface area contributed by atoms with Gasteiger partial charge in [0.05, 0.1) is 24.6 Å². The molecule has 0 bridgehead atoms. The van der Waals surface area contributed by atoms with Gasteiger partial charge in [0.15, 0.2) is 9.54 Å². The highest BCUT2D eigenvalue weighted by molar-refractivity contribution is 7.71. The molecular formula is C27H48N4O4S2. The lowest BCUT2D eigenvalue weighted by Crippen LogP contribution is -2.23. The number of aromatic nitrogens is 4. The highest BCUT2D eigenvalue weighted by atomic mass is 32.1. The zero-order chi connectivity index (χ0) is 28.0. The van der Waals surface area contributed by atoms with E-state index in [4.69, 9.17) is 24.4 Å². The van der Waals surface area contributed by atoms with Crippen LogP contribution in [-0.4, -0.2) is 50.9 Å². The monoisotopic (exact) mass is 556 g/mol. The van der Waals surface area contributed by atoms with Crippen LogP contribution in [0.3, 0.4) is 0 Å². The second-order valence-corrected chi connectivity index (χ2v) is 12.7. The normalized spacial score (nSPS) is 14.3. The second kappa shape index (κ2) is 13.4. The lowest BCUT2D eigenvalue weighted by Gasteiger charge is -2.27. The first kappa shape index (κ1) is 31.6. The van der Waals surface area contributed by atoms with Crippen LogP contribution in [0.1, 0.15) is 86.5 Å². The van der Waals surface area contributed by atoms with Crippen LogP contribution in [0.5, 0.6) is 11.8 Å². The summed E-state index contributed by atoms with van der Waals surface area (Å²) >= 11 is 10.9. The topological polar surface area (TPSA) is 101 Å². The number of nitrogens with zero attached hydrogens (tertiary/aromatic N) is 4. The maximum atomic E-state index is 10.5. The molecule has 2 heterocycles. The lowest BCUT2D eigenvalue weighted by atomic mass is 9.85. The number of imidazole rings is 2. The molecule has 4 N–H and O–H groups in total. The minimum absolute atomic E-state index is 0.128. The molecular weight excluding hydrogens is 508 g/mol. The van der Waals surface area contributed by atoms with Gasteiger partial charge in [0.25, 0.3) is 0 Å². The van der Waals surface area contributed by atoms with Crippen LogP contribution in [0.4, 0.5) is 0 Å². The van der Waals surface area contributed by atoms with E-state index in [-0.39, 0.29) is 22.6 Å². The van der Waals surface area contributed by atoms with Crippen LogP contribution in [0.2, 0.25) is 0 Å². The molecule has 2 atom stereocenters. The molecule has 212 valence electrons. The Morgan fingerprint density at radius 2 is 1.05 bits per heavy atom. The number of hydrogen-bond donors (Lipinski definition) is 4. The van der Waals surface area contributed by atoms with E-state index < -0.39 is 12.2 Å². The van der Waals surface area contributed by atoms with Crippen molar-refractivity contribution in [3.63, 3.8) is 0 Å². The summed E-state index contributed by atoms with van der Waals surface area (Å²) in [7, 11) is 0. The van der Waals surface area contributed by atoms with E-state index in [1.807, 2.05) is 23.0 Å². The Morgan fingerprint density at radius 3 is 1.35 bits per heavy atom. The molecule has 2 unspecified atom stereocenters. The maximum absolute atomic E-state index is 10.5. The smallest absolute Gasteiger partial charge is 0.210 e. The van der Waals surface area contributed by atoms with E-state index in [0.29, 0.717) is 61.4 Å². The van der Waals surface area contributed by atoms with Crippen LogP contribution in [0, 0.1) is 20.4 Å². The molecule has 0 spiro atoms. The molecule has 0 radical (unpaired) electrons. The van der Waals surface area contributed by atoms with Crippen LogP contribution < -0.4 is 0 Å². The van der Waals surface area contributed by atoms with Crippen molar-refractivity contribution < 1.29 is 20.4 Å². The summed E-state index contributed by atoms with van der Waals surface area (Å²) in [4.78, 5) is 0. The van der Waals surface area contributed by atoms with Crippen molar-refractivity contribution in [3.05, 3.63) is 21.9 Å². The van der Waals surface area contributed by atoms with Crippen molar-refractivity contribution in [3.8, 4) is 11.8 Å². The number of aromatic hydroxyl groups is 2. The molecule has 0 saturated heterocycles. The van der Waals surface area contributed by atoms with Crippen LogP contribution in [-0.2, 0) is 26.2 Å². The van der Waals surface area contributed by atoms with Gasteiger partial charge in [-0.25, -0.2) is 0 Å². The van der Waals surface area contributed by atoms with Gasteiger partial charge in [-0.15, -0.1) is 0 Å². The van der Waals surface area contributed by atoms with Crippen molar-refractivity contribution in [1.82, 2.24) is 18.3 Å². The van der Waals surface area contributed by atoms with Crippen molar-refractivity contribution >= 4 is 24.4 Å². The Bertz CT molecular complexity index is 1030. The molecule has 0 aliphatic rings. The minimum atomic E-state index is -0.419. The van der Waals surface area contributed by atoms with Gasteiger partial charge in [-0.3, -0.25) is 9.13 Å². The van der Waals surface area contributed by atoms with Crippen molar-refractivity contribution in [2.24, 2.45) is 10.8 Å². The summed E-state index contributed by atoms with van der Waals surface area (Å²) in [5, 5.41) is 41.6. The van der Waals surface area contributed by atoms with Crippen molar-refractivity contribution in [2.45, 2.75) is 125 Å². The molecule has 10 heteroatoms. The largest absolute Gasteiger partial charge is 0.493 e. The number of aliphatic hydroxyl groups excluding tert-OH is 2. The van der Waals surface area contributed by atoms with Gasteiger partial charge in [0.1, 0.15) is 0 Å². The molecule has 0 fully saturated rings. The summed E-state index contributed by atoms with van der Waals surface area (Å²) in [6.45, 7) is 15.1. The minimum Gasteiger partial charge on any atom is -0.493 e. The molecule has 8 nitrogen and oxygen atoms in total. The summed E-state index contributed by atoms with van der Waals surface area (Å²) in [5.41, 5.74) is -0.256. The van der Waals surface area contributed by atoms with E-state index in [1.54, 1.807) is 21.5 Å². The van der Waals surface area contributed by atoms with E-state index >= 15 is 0 Å². The third-order valence-corrected chi connectivity index (χ3v) is 8.20. The zero-order valence-corrected chi connectivity index (χ0v) is 25.1. The summed E-state index contributed by atoms with van der Waals surface area (Å²) in [6.07, 6.45) is 7.51. The van der Waals surface area contributed by atoms with Gasteiger partial charge in [-0.05, 0) is 94.1 Å². The average molecular weight is 557 g/mol. The van der Waals surface area contributed by atoms with E-state index in [9.17, 15) is 20.4 Å². The highest BCUT2D eigenvalue weighted by Gasteiger charge is 2.24. The van der Waals surface area contributed by atoms with Gasteiger partial charge >= 0.3 is 0 Å². The first-order valence-electron chi connectivity index (χ1n) is 13.5. The first-order chi connectivity index (χ1) is 17.2. The standard InChI is InChI=1S/C27H48N4O4S2/c1-7-28-16-22(34)30(24(28)36)18-26(3,4)14-12-20(32)10-9-11-21(33)13-15-27(5,6)19-31-23(35)17-29(8-2)25(31)37/h16-17,20-21,32-35H,7-15,18-19H2,1-6H3. The molecule has 0 aliphatic carbocycles. The van der Waals surface area contributed by atoms with E-state index in [1.165, 1.54) is 0 Å². The summed E-state index contributed by atoms with van der Waals surface area (Å²) < 4.78 is 8.46. The molecule has 0 aliphatic heterocycles. The van der Waals surface area contributed by atoms with Gasteiger partial charge in [0.2, 0.25) is 11.8 Å². The quantitative estimate of drug-likeness (QED) is 0.189. The van der Waals surface area contributed by atoms with E-state index in [2.05, 4.69) is 27.7 Å². The van der Waals surface area contributed by atoms with E-state index in [0.717, 1.165) is 19.3 Å². The first-order valence-corrected chi connectivity index (χ1v) is 14.4. The molecule has 0 amide bonds. The van der Waals surface area contributed by atoms with Crippen LogP contribution >= 0.6 is 24.4 Å². The van der Waals surface area contributed by atoms with Gasteiger partial charge in [-0.2, -0.15) is 0 Å². The molecule has 0 saturated carbocycles. The fraction of sp³-hybridized carbons (Fsp3) is 0.778. The third-order valence-electron chi connectivity index (χ3n) is 7.29. The van der Waals surface area contributed by atoms with Crippen LogP contribution in [0.25, 0.3) is 0 Å². The summed E-state index contributed by atoms with van der Waals surface area (Å²) in [6, 6.07) is 0. The van der Waals surface area contributed by atoms with Gasteiger partial charge in [-0.1, -0.05) is 27.7 Å².